The fraction of sp³-hybridized carbons (Fsp3) is 0.172. The SMILES string of the molecule is O=C(NN(Cc1ccnc2ccccc12)c1cccc(Nc2c(N3CCC(O)C3)c(=O)c2=O)c1)c1cccs1. The predicted molar refractivity (Wildman–Crippen MR) is 154 cm³/mol. The van der Waals surface area contributed by atoms with Crippen LogP contribution >= 0.6 is 11.3 Å². The van der Waals surface area contributed by atoms with Crippen molar-refractivity contribution in [3.63, 3.8) is 0 Å². The molecule has 1 aliphatic rings. The second-order valence-corrected chi connectivity index (χ2v) is 10.4. The van der Waals surface area contributed by atoms with Crippen molar-refractivity contribution in [2.24, 2.45) is 0 Å². The first-order valence-electron chi connectivity index (χ1n) is 12.6. The number of hydrogen-bond acceptors (Lipinski definition) is 9. The summed E-state index contributed by atoms with van der Waals surface area (Å²) in [6.07, 6.45) is 1.78. The average Bonchev–Trinajstić information content (AvgIpc) is 3.65. The van der Waals surface area contributed by atoms with Crippen LogP contribution in [0.1, 0.15) is 21.7 Å². The molecule has 3 heterocycles. The summed E-state index contributed by atoms with van der Waals surface area (Å²) in [6, 6.07) is 20.6. The van der Waals surface area contributed by atoms with Crippen molar-refractivity contribution >= 4 is 50.9 Å². The van der Waals surface area contributed by atoms with Crippen LogP contribution in [0.3, 0.4) is 0 Å². The number of thiophene rings is 1. The summed E-state index contributed by atoms with van der Waals surface area (Å²) in [5, 5.41) is 17.6. The van der Waals surface area contributed by atoms with Gasteiger partial charge in [0.25, 0.3) is 16.8 Å². The predicted octanol–water partition coefficient (Wildman–Crippen LogP) is 3.56. The Morgan fingerprint density at radius 1 is 1.08 bits per heavy atom. The summed E-state index contributed by atoms with van der Waals surface area (Å²) in [7, 11) is 0. The number of rotatable bonds is 8. The van der Waals surface area contributed by atoms with Crippen LogP contribution in [0.2, 0.25) is 0 Å². The van der Waals surface area contributed by atoms with E-state index in [1.807, 2.05) is 60.0 Å². The van der Waals surface area contributed by atoms with Gasteiger partial charge < -0.3 is 15.3 Å². The summed E-state index contributed by atoms with van der Waals surface area (Å²) in [4.78, 5) is 44.6. The molecule has 0 saturated carbocycles. The number of benzene rings is 2. The van der Waals surface area contributed by atoms with Crippen molar-refractivity contribution in [3.05, 3.63) is 109 Å². The fourth-order valence-electron chi connectivity index (χ4n) is 4.88. The van der Waals surface area contributed by atoms with Gasteiger partial charge in [0.2, 0.25) is 0 Å². The summed E-state index contributed by atoms with van der Waals surface area (Å²) >= 11 is 1.35. The molecule has 1 unspecified atom stereocenters. The zero-order valence-corrected chi connectivity index (χ0v) is 21.6. The summed E-state index contributed by atoms with van der Waals surface area (Å²) in [5.41, 5.74) is 5.54. The number of carbonyl (C=O) groups excluding carboxylic acids is 1. The molecule has 9 nitrogen and oxygen atoms in total. The van der Waals surface area contributed by atoms with E-state index >= 15 is 0 Å². The fourth-order valence-corrected chi connectivity index (χ4v) is 5.50. The molecule has 5 aromatic rings. The van der Waals surface area contributed by atoms with Gasteiger partial charge in [0.1, 0.15) is 11.4 Å². The number of hydrazine groups is 1. The van der Waals surface area contributed by atoms with Crippen molar-refractivity contribution in [1.82, 2.24) is 10.4 Å². The van der Waals surface area contributed by atoms with Crippen molar-refractivity contribution in [1.29, 1.82) is 0 Å². The minimum Gasteiger partial charge on any atom is -0.391 e. The highest BCUT2D eigenvalue weighted by Gasteiger charge is 2.31. The van der Waals surface area contributed by atoms with Crippen molar-refractivity contribution in [3.8, 4) is 0 Å². The van der Waals surface area contributed by atoms with Gasteiger partial charge in [0.15, 0.2) is 0 Å². The minimum absolute atomic E-state index is 0.223. The molecule has 1 aliphatic heterocycles. The molecular weight excluding hydrogens is 514 g/mol. The minimum atomic E-state index is -0.581. The largest absolute Gasteiger partial charge is 0.391 e. The van der Waals surface area contributed by atoms with E-state index in [0.717, 1.165) is 16.5 Å². The Morgan fingerprint density at radius 3 is 2.74 bits per heavy atom. The second kappa shape index (κ2) is 10.3. The first kappa shape index (κ1) is 24.8. The number of β-amino-alcohol motifs (C(OH)–C–C–N with tert-alkyl or cyclic N) is 1. The number of nitrogens with zero attached hydrogens (tertiary/aromatic N) is 3. The lowest BCUT2D eigenvalue weighted by atomic mass is 10.1. The van der Waals surface area contributed by atoms with Gasteiger partial charge in [-0.15, -0.1) is 11.3 Å². The lowest BCUT2D eigenvalue weighted by Gasteiger charge is -2.27. The normalized spacial score (nSPS) is 15.1. The molecule has 6 rings (SSSR count). The standard InChI is InChI=1S/C29H25N5O4S/c35-21-11-13-33(17-21)26-25(27(36)28(26)37)31-19-5-3-6-20(15-19)34(32-29(38)24-9-4-14-39-24)16-18-10-12-30-23-8-2-1-7-22(18)23/h1-10,12,14-15,21,31,35H,11,13,16-17H2,(H,32,38). The number of aliphatic hydroxyl groups excluding tert-OH is 1. The molecule has 1 amide bonds. The van der Waals surface area contributed by atoms with Crippen LogP contribution in [-0.2, 0) is 6.54 Å². The highest BCUT2D eigenvalue weighted by Crippen LogP contribution is 2.29. The van der Waals surface area contributed by atoms with E-state index in [-0.39, 0.29) is 11.6 Å². The summed E-state index contributed by atoms with van der Waals surface area (Å²) in [5.74, 6) is -0.237. The number of aromatic nitrogens is 1. The van der Waals surface area contributed by atoms with E-state index in [1.165, 1.54) is 11.3 Å². The first-order chi connectivity index (χ1) is 19.0. The number of pyridine rings is 1. The van der Waals surface area contributed by atoms with E-state index in [1.54, 1.807) is 28.2 Å². The number of anilines is 4. The first-order valence-corrected chi connectivity index (χ1v) is 13.4. The van der Waals surface area contributed by atoms with Crippen LogP contribution < -0.4 is 31.5 Å². The van der Waals surface area contributed by atoms with Gasteiger partial charge in [-0.25, -0.2) is 0 Å². The van der Waals surface area contributed by atoms with E-state index in [0.29, 0.717) is 48.0 Å². The van der Waals surface area contributed by atoms with Gasteiger partial charge in [-0.05, 0) is 53.8 Å². The molecule has 0 radical (unpaired) electrons. The molecule has 0 bridgehead atoms. The molecule has 2 aromatic heterocycles. The molecule has 39 heavy (non-hydrogen) atoms. The van der Waals surface area contributed by atoms with E-state index in [2.05, 4.69) is 15.7 Å². The van der Waals surface area contributed by atoms with Gasteiger partial charge in [0, 0.05) is 30.4 Å². The van der Waals surface area contributed by atoms with Crippen LogP contribution in [0.5, 0.6) is 0 Å². The number of hydrogen-bond donors (Lipinski definition) is 3. The van der Waals surface area contributed by atoms with Crippen LogP contribution in [0, 0.1) is 0 Å². The van der Waals surface area contributed by atoms with E-state index in [4.69, 9.17) is 0 Å². The lowest BCUT2D eigenvalue weighted by Crippen LogP contribution is -2.42. The number of nitrogens with one attached hydrogen (secondary N) is 2. The van der Waals surface area contributed by atoms with E-state index in [9.17, 15) is 19.5 Å². The van der Waals surface area contributed by atoms with Gasteiger partial charge in [-0.3, -0.25) is 29.8 Å². The Labute approximate surface area is 227 Å². The van der Waals surface area contributed by atoms with Crippen LogP contribution in [0.15, 0.2) is 87.9 Å². The molecular formula is C29H25N5O4S. The maximum atomic E-state index is 13.1. The molecule has 10 heteroatoms. The molecule has 196 valence electrons. The number of para-hydroxylation sites is 1. The highest BCUT2D eigenvalue weighted by atomic mass is 32.1. The molecule has 1 fully saturated rings. The molecule has 3 N–H and O–H groups in total. The molecule has 0 spiro atoms. The van der Waals surface area contributed by atoms with Gasteiger partial charge in [0.05, 0.1) is 28.7 Å². The number of amides is 1. The summed E-state index contributed by atoms with van der Waals surface area (Å²) in [6.45, 7) is 1.20. The Hall–Kier alpha value is -4.54. The van der Waals surface area contributed by atoms with Crippen molar-refractivity contribution < 1.29 is 9.90 Å². The lowest BCUT2D eigenvalue weighted by molar-refractivity contribution is 0.0952. The number of carbonyl (C=O) groups is 1. The Morgan fingerprint density at radius 2 is 1.95 bits per heavy atom. The smallest absolute Gasteiger partial charge is 0.279 e. The Kier molecular flexibility index (Phi) is 6.55. The third-order valence-electron chi connectivity index (χ3n) is 6.84. The topological polar surface area (TPSA) is 115 Å². The maximum Gasteiger partial charge on any atom is 0.279 e. The van der Waals surface area contributed by atoms with Crippen LogP contribution in [0.25, 0.3) is 10.9 Å². The molecule has 0 aliphatic carbocycles. The monoisotopic (exact) mass is 539 g/mol. The maximum absolute atomic E-state index is 13.1. The van der Waals surface area contributed by atoms with Crippen molar-refractivity contribution in [2.45, 2.75) is 19.1 Å². The zero-order chi connectivity index (χ0) is 26.9. The number of aliphatic hydroxyl groups is 1. The van der Waals surface area contributed by atoms with Crippen molar-refractivity contribution in [2.75, 3.05) is 28.3 Å². The van der Waals surface area contributed by atoms with E-state index < -0.39 is 17.0 Å². The molecule has 3 aromatic carbocycles. The average molecular weight is 540 g/mol. The van der Waals surface area contributed by atoms with Crippen LogP contribution in [-0.4, -0.2) is 35.2 Å². The van der Waals surface area contributed by atoms with Crippen LogP contribution in [0.4, 0.5) is 22.7 Å². The number of fused-ring (bicyclic) bond motifs is 1. The van der Waals surface area contributed by atoms with Gasteiger partial charge >= 0.3 is 0 Å². The quantitative estimate of drug-likeness (QED) is 0.203. The molecule has 1 atom stereocenters. The van der Waals surface area contributed by atoms with Gasteiger partial charge in [-0.1, -0.05) is 30.3 Å². The third kappa shape index (κ3) is 4.87. The summed E-state index contributed by atoms with van der Waals surface area (Å²) < 4.78 is 0. The zero-order valence-electron chi connectivity index (χ0n) is 20.8. The highest BCUT2D eigenvalue weighted by molar-refractivity contribution is 7.12. The Balaban J connectivity index is 1.32. The second-order valence-electron chi connectivity index (χ2n) is 9.44. The van der Waals surface area contributed by atoms with Gasteiger partial charge in [-0.2, -0.15) is 0 Å². The third-order valence-corrected chi connectivity index (χ3v) is 7.71. The Bertz CT molecular complexity index is 1720. The molecule has 1 saturated heterocycles.